The van der Waals surface area contributed by atoms with E-state index in [0.29, 0.717) is 42.8 Å². The van der Waals surface area contributed by atoms with Gasteiger partial charge in [0.2, 0.25) is 5.91 Å². The Morgan fingerprint density at radius 3 is 2.52 bits per heavy atom. The molecular formula is C23H27FN6O2S. The van der Waals surface area contributed by atoms with Crippen LogP contribution in [0.5, 0.6) is 0 Å². The summed E-state index contributed by atoms with van der Waals surface area (Å²) < 4.78 is 16.5. The van der Waals surface area contributed by atoms with Gasteiger partial charge in [0.05, 0.1) is 5.69 Å². The standard InChI is InChI=1S/C23H27FN6O2S/c24-18-8-4-5-9-19(18)27-12-14-28(15-13-27)22(31)16-29-23(32)30-20(25-29)10-11-21(26-30)33-17-6-2-1-3-7-17/h4-5,8-11,17H,1-3,6-7,12-16H2. The van der Waals surface area contributed by atoms with Crippen molar-refractivity contribution in [3.63, 3.8) is 0 Å². The minimum Gasteiger partial charge on any atom is -0.366 e. The lowest BCUT2D eigenvalue weighted by Crippen LogP contribution is -2.50. The lowest BCUT2D eigenvalue weighted by molar-refractivity contribution is -0.132. The predicted molar refractivity (Wildman–Crippen MR) is 125 cm³/mol. The fraction of sp³-hybridized carbons (Fsp3) is 0.478. The number of hydrogen-bond donors (Lipinski definition) is 0. The van der Waals surface area contributed by atoms with Crippen LogP contribution in [0.1, 0.15) is 32.1 Å². The van der Waals surface area contributed by atoms with E-state index >= 15 is 0 Å². The van der Waals surface area contributed by atoms with E-state index in [0.717, 1.165) is 5.03 Å². The number of rotatable bonds is 5. The maximum Gasteiger partial charge on any atom is 0.367 e. The SMILES string of the molecule is O=C(Cn1nc2ccc(SC3CCCCC3)nn2c1=O)N1CCN(c2ccccc2F)CC1. The molecule has 1 saturated carbocycles. The molecule has 1 aliphatic carbocycles. The van der Waals surface area contributed by atoms with Gasteiger partial charge in [-0.1, -0.05) is 31.4 Å². The van der Waals surface area contributed by atoms with Crippen molar-refractivity contribution < 1.29 is 9.18 Å². The lowest BCUT2D eigenvalue weighted by atomic mass is 10.0. The molecule has 0 atom stereocenters. The normalized spacial score (nSPS) is 17.6. The Bertz CT molecular complexity index is 1200. The van der Waals surface area contributed by atoms with E-state index in [1.165, 1.54) is 47.4 Å². The Morgan fingerprint density at radius 1 is 1.00 bits per heavy atom. The molecule has 0 N–H and O–H groups in total. The summed E-state index contributed by atoms with van der Waals surface area (Å²) in [5.41, 5.74) is 0.578. The van der Waals surface area contributed by atoms with E-state index < -0.39 is 5.69 Å². The van der Waals surface area contributed by atoms with Crippen molar-refractivity contribution in [2.75, 3.05) is 31.1 Å². The highest BCUT2D eigenvalue weighted by atomic mass is 32.2. The van der Waals surface area contributed by atoms with Gasteiger partial charge in [0.1, 0.15) is 17.4 Å². The largest absolute Gasteiger partial charge is 0.367 e. The molecule has 1 aliphatic heterocycles. The van der Waals surface area contributed by atoms with Gasteiger partial charge >= 0.3 is 5.69 Å². The first-order chi connectivity index (χ1) is 16.1. The third-order valence-electron chi connectivity index (χ3n) is 6.37. The Morgan fingerprint density at radius 2 is 1.76 bits per heavy atom. The number of amides is 1. The number of anilines is 1. The number of thioether (sulfide) groups is 1. The number of carbonyl (C=O) groups is 1. The molecule has 0 spiro atoms. The van der Waals surface area contributed by atoms with Crippen LogP contribution in [0.4, 0.5) is 10.1 Å². The molecule has 5 rings (SSSR count). The van der Waals surface area contributed by atoms with E-state index in [9.17, 15) is 14.0 Å². The maximum absolute atomic E-state index is 14.0. The lowest BCUT2D eigenvalue weighted by Gasteiger charge is -2.36. The molecule has 2 aliphatic rings. The van der Waals surface area contributed by atoms with Gasteiger partial charge in [0.25, 0.3) is 0 Å². The van der Waals surface area contributed by atoms with Crippen LogP contribution < -0.4 is 10.6 Å². The van der Waals surface area contributed by atoms with Crippen LogP contribution in [0.15, 0.2) is 46.2 Å². The van der Waals surface area contributed by atoms with Crippen molar-refractivity contribution in [1.29, 1.82) is 0 Å². The predicted octanol–water partition coefficient (Wildman–Crippen LogP) is 2.80. The molecule has 1 amide bonds. The second kappa shape index (κ2) is 9.54. The number of piperazine rings is 1. The van der Waals surface area contributed by atoms with Crippen molar-refractivity contribution in [1.82, 2.24) is 24.3 Å². The topological polar surface area (TPSA) is 75.7 Å². The fourth-order valence-corrected chi connectivity index (χ4v) is 5.73. The van der Waals surface area contributed by atoms with Gasteiger partial charge in [-0.25, -0.2) is 13.9 Å². The molecule has 174 valence electrons. The molecule has 33 heavy (non-hydrogen) atoms. The third kappa shape index (κ3) is 4.75. The van der Waals surface area contributed by atoms with Gasteiger partial charge in [-0.05, 0) is 37.1 Å². The van der Waals surface area contributed by atoms with Crippen LogP contribution >= 0.6 is 11.8 Å². The first-order valence-corrected chi connectivity index (χ1v) is 12.4. The Balaban J connectivity index is 1.23. The molecule has 0 bridgehead atoms. The summed E-state index contributed by atoms with van der Waals surface area (Å²) >= 11 is 1.72. The monoisotopic (exact) mass is 470 g/mol. The van der Waals surface area contributed by atoms with Gasteiger partial charge in [0, 0.05) is 31.4 Å². The number of para-hydroxylation sites is 1. The number of carbonyl (C=O) groups excluding carboxylic acids is 1. The van der Waals surface area contributed by atoms with Crippen LogP contribution in [0, 0.1) is 5.82 Å². The molecule has 3 aromatic rings. The summed E-state index contributed by atoms with van der Waals surface area (Å²) in [5, 5.41) is 10.1. The van der Waals surface area contributed by atoms with Crippen molar-refractivity contribution in [2.45, 2.75) is 48.9 Å². The molecule has 0 radical (unpaired) electrons. The third-order valence-corrected chi connectivity index (χ3v) is 7.63. The summed E-state index contributed by atoms with van der Waals surface area (Å²) in [4.78, 5) is 29.3. The molecule has 8 nitrogen and oxygen atoms in total. The Kier molecular flexibility index (Phi) is 6.34. The average Bonchev–Trinajstić information content (AvgIpc) is 3.15. The highest BCUT2D eigenvalue weighted by Crippen LogP contribution is 2.32. The second-order valence-corrected chi connectivity index (χ2v) is 9.90. The zero-order valence-corrected chi connectivity index (χ0v) is 19.2. The minimum absolute atomic E-state index is 0.132. The van der Waals surface area contributed by atoms with Crippen molar-refractivity contribution in [3.8, 4) is 0 Å². The maximum atomic E-state index is 14.0. The molecule has 2 fully saturated rings. The van der Waals surface area contributed by atoms with E-state index in [2.05, 4.69) is 10.2 Å². The number of benzene rings is 1. The minimum atomic E-state index is -0.408. The fourth-order valence-electron chi connectivity index (χ4n) is 4.54. The van der Waals surface area contributed by atoms with Gasteiger partial charge in [-0.3, -0.25) is 4.79 Å². The summed E-state index contributed by atoms with van der Waals surface area (Å²) in [5.74, 6) is -0.437. The Labute approximate surface area is 195 Å². The zero-order valence-electron chi connectivity index (χ0n) is 18.4. The first kappa shape index (κ1) is 21.9. The van der Waals surface area contributed by atoms with Crippen LogP contribution in [0.2, 0.25) is 0 Å². The van der Waals surface area contributed by atoms with E-state index in [1.54, 1.807) is 40.9 Å². The smallest absolute Gasteiger partial charge is 0.366 e. The second-order valence-electron chi connectivity index (χ2n) is 8.58. The van der Waals surface area contributed by atoms with Gasteiger partial charge < -0.3 is 9.80 Å². The molecule has 10 heteroatoms. The van der Waals surface area contributed by atoms with E-state index in [4.69, 9.17) is 0 Å². The van der Waals surface area contributed by atoms with Crippen LogP contribution in [-0.2, 0) is 11.3 Å². The average molecular weight is 471 g/mol. The van der Waals surface area contributed by atoms with Crippen molar-refractivity contribution in [3.05, 3.63) is 52.7 Å². The molecule has 1 saturated heterocycles. The molecule has 1 aromatic carbocycles. The van der Waals surface area contributed by atoms with Crippen LogP contribution in [0.3, 0.4) is 0 Å². The number of nitrogens with zero attached hydrogens (tertiary/aromatic N) is 6. The zero-order chi connectivity index (χ0) is 22.8. The van der Waals surface area contributed by atoms with Crippen LogP contribution in [-0.4, -0.2) is 61.6 Å². The van der Waals surface area contributed by atoms with Crippen molar-refractivity contribution in [2.24, 2.45) is 0 Å². The Hall–Kier alpha value is -2.88. The van der Waals surface area contributed by atoms with Crippen molar-refractivity contribution >= 4 is 29.0 Å². The quantitative estimate of drug-likeness (QED) is 0.571. The van der Waals surface area contributed by atoms with Gasteiger partial charge in [-0.15, -0.1) is 16.9 Å². The highest BCUT2D eigenvalue weighted by molar-refractivity contribution is 7.99. The molecule has 3 heterocycles. The highest BCUT2D eigenvalue weighted by Gasteiger charge is 2.24. The van der Waals surface area contributed by atoms with Gasteiger partial charge in [0.15, 0.2) is 5.65 Å². The molecule has 0 unspecified atom stereocenters. The molecular weight excluding hydrogens is 443 g/mol. The number of halogens is 1. The first-order valence-electron chi connectivity index (χ1n) is 11.5. The summed E-state index contributed by atoms with van der Waals surface area (Å²) in [6.45, 7) is 1.88. The number of aromatic nitrogens is 4. The molecule has 2 aromatic heterocycles. The van der Waals surface area contributed by atoms with E-state index in [1.807, 2.05) is 11.0 Å². The van der Waals surface area contributed by atoms with Crippen LogP contribution in [0.25, 0.3) is 5.65 Å². The van der Waals surface area contributed by atoms with E-state index in [-0.39, 0.29) is 18.3 Å². The number of fused-ring (bicyclic) bond motifs is 1. The number of hydrogen-bond acceptors (Lipinski definition) is 6. The summed E-state index contributed by atoms with van der Waals surface area (Å²) in [6.07, 6.45) is 6.14. The summed E-state index contributed by atoms with van der Waals surface area (Å²) in [7, 11) is 0. The van der Waals surface area contributed by atoms with Gasteiger partial charge in [-0.2, -0.15) is 9.61 Å². The summed E-state index contributed by atoms with van der Waals surface area (Å²) in [6, 6.07) is 10.3.